The van der Waals surface area contributed by atoms with Gasteiger partial charge < -0.3 is 0 Å². The molecule has 0 radical (unpaired) electrons. The lowest BCUT2D eigenvalue weighted by atomic mass is 10.2. The molecule has 2 aromatic heterocycles. The number of hydrogen-bond acceptors (Lipinski definition) is 3. The molecule has 0 aliphatic carbocycles. The van der Waals surface area contributed by atoms with Crippen molar-refractivity contribution >= 4 is 28.9 Å². The molecule has 0 unspecified atom stereocenters. The fourth-order valence-electron chi connectivity index (χ4n) is 1.08. The van der Waals surface area contributed by atoms with Gasteiger partial charge in [-0.15, -0.1) is 0 Å². The van der Waals surface area contributed by atoms with E-state index in [4.69, 9.17) is 11.6 Å². The molecule has 0 amide bonds. The van der Waals surface area contributed by atoms with Crippen LogP contribution in [0.4, 0.5) is 0 Å². The van der Waals surface area contributed by atoms with Gasteiger partial charge in [0.2, 0.25) is 0 Å². The summed E-state index contributed by atoms with van der Waals surface area (Å²) in [7, 11) is 0. The topological polar surface area (TPSA) is 42.9 Å². The van der Waals surface area contributed by atoms with Gasteiger partial charge in [-0.3, -0.25) is 14.8 Å². The van der Waals surface area contributed by atoms with E-state index < -0.39 is 0 Å². The second-order valence-electron chi connectivity index (χ2n) is 2.52. The maximum atomic E-state index is 10.5. The molecule has 2 rings (SSSR count). The van der Waals surface area contributed by atoms with Gasteiger partial charge in [0.25, 0.3) is 0 Å². The van der Waals surface area contributed by atoms with Gasteiger partial charge in [-0.1, -0.05) is 11.6 Å². The normalized spacial score (nSPS) is 10.2. The number of nitrogens with zero attached hydrogens (tertiary/aromatic N) is 2. The second-order valence-corrected chi connectivity index (χ2v) is 2.89. The van der Waals surface area contributed by atoms with Gasteiger partial charge in [0, 0.05) is 12.4 Å². The Morgan fingerprint density at radius 2 is 2.23 bits per heavy atom. The van der Waals surface area contributed by atoms with Crippen molar-refractivity contribution in [2.24, 2.45) is 0 Å². The first kappa shape index (κ1) is 8.13. The molecule has 0 aliphatic heterocycles. The summed E-state index contributed by atoms with van der Waals surface area (Å²) in [6, 6.07) is 3.56. The Morgan fingerprint density at radius 3 is 3.00 bits per heavy atom. The van der Waals surface area contributed by atoms with E-state index in [1.165, 1.54) is 6.20 Å². The second kappa shape index (κ2) is 3.11. The van der Waals surface area contributed by atoms with E-state index in [0.29, 0.717) is 27.9 Å². The van der Waals surface area contributed by atoms with Gasteiger partial charge in [-0.05, 0) is 12.1 Å². The summed E-state index contributed by atoms with van der Waals surface area (Å²) in [5.74, 6) is 0. The third kappa shape index (κ3) is 1.27. The van der Waals surface area contributed by atoms with Crippen molar-refractivity contribution in [1.82, 2.24) is 9.97 Å². The van der Waals surface area contributed by atoms with Gasteiger partial charge in [-0.25, -0.2) is 0 Å². The summed E-state index contributed by atoms with van der Waals surface area (Å²) < 4.78 is 0. The zero-order valence-electron chi connectivity index (χ0n) is 6.57. The number of hydrogen-bond donors (Lipinski definition) is 0. The molecule has 0 fully saturated rings. The van der Waals surface area contributed by atoms with Crippen molar-refractivity contribution in [2.45, 2.75) is 0 Å². The standard InChI is InChI=1S/C9H5ClN2O/c10-8-6(5-13)4-12-7-2-1-3-11-9(7)8/h1-5H. The van der Waals surface area contributed by atoms with Gasteiger partial charge in [0.15, 0.2) is 6.29 Å². The van der Waals surface area contributed by atoms with Crippen molar-refractivity contribution in [1.29, 1.82) is 0 Å². The molecule has 0 saturated carbocycles. The number of fused-ring (bicyclic) bond motifs is 1. The molecule has 0 spiro atoms. The fourth-order valence-corrected chi connectivity index (χ4v) is 1.32. The Morgan fingerprint density at radius 1 is 1.38 bits per heavy atom. The minimum atomic E-state index is 0.362. The smallest absolute Gasteiger partial charge is 0.153 e. The quantitative estimate of drug-likeness (QED) is 0.650. The van der Waals surface area contributed by atoms with Crippen LogP contribution < -0.4 is 0 Å². The molecule has 4 heteroatoms. The molecule has 0 aliphatic rings. The number of rotatable bonds is 1. The van der Waals surface area contributed by atoms with Crippen LogP contribution in [0.1, 0.15) is 10.4 Å². The molecule has 2 aromatic rings. The number of halogens is 1. The molecule has 0 atom stereocenters. The highest BCUT2D eigenvalue weighted by molar-refractivity contribution is 6.37. The Labute approximate surface area is 79.4 Å². The van der Waals surface area contributed by atoms with E-state index in [2.05, 4.69) is 9.97 Å². The van der Waals surface area contributed by atoms with Gasteiger partial charge in [0.1, 0.15) is 5.52 Å². The van der Waals surface area contributed by atoms with Crippen LogP contribution in [0.2, 0.25) is 5.02 Å². The Hall–Kier alpha value is -1.48. The fraction of sp³-hybridized carbons (Fsp3) is 0. The Bertz CT molecular complexity index is 470. The highest BCUT2D eigenvalue weighted by Crippen LogP contribution is 2.21. The number of aldehydes is 1. The molecule has 0 bridgehead atoms. The Balaban J connectivity index is 2.86. The van der Waals surface area contributed by atoms with Crippen LogP contribution in [0.5, 0.6) is 0 Å². The van der Waals surface area contributed by atoms with Gasteiger partial charge in [-0.2, -0.15) is 0 Å². The summed E-state index contributed by atoms with van der Waals surface area (Å²) >= 11 is 5.91. The van der Waals surface area contributed by atoms with E-state index in [9.17, 15) is 4.79 Å². The monoisotopic (exact) mass is 192 g/mol. The number of carbonyl (C=O) groups is 1. The van der Waals surface area contributed by atoms with E-state index in [1.54, 1.807) is 18.3 Å². The molecule has 0 aromatic carbocycles. The lowest BCUT2D eigenvalue weighted by Crippen LogP contribution is -1.89. The van der Waals surface area contributed by atoms with Crippen molar-refractivity contribution in [3.8, 4) is 0 Å². The lowest BCUT2D eigenvalue weighted by molar-refractivity contribution is 0.112. The molecular weight excluding hydrogens is 188 g/mol. The van der Waals surface area contributed by atoms with Crippen LogP contribution in [0, 0.1) is 0 Å². The van der Waals surface area contributed by atoms with Gasteiger partial charge in [0.05, 0.1) is 16.1 Å². The Kier molecular flexibility index (Phi) is 1.94. The first-order valence-electron chi connectivity index (χ1n) is 3.67. The van der Waals surface area contributed by atoms with Crippen molar-refractivity contribution in [3.05, 3.63) is 35.1 Å². The maximum absolute atomic E-state index is 10.5. The number of carbonyl (C=O) groups excluding carboxylic acids is 1. The maximum Gasteiger partial charge on any atom is 0.153 e. The molecule has 13 heavy (non-hydrogen) atoms. The van der Waals surface area contributed by atoms with E-state index >= 15 is 0 Å². The van der Waals surface area contributed by atoms with Crippen LogP contribution in [-0.2, 0) is 0 Å². The highest BCUT2D eigenvalue weighted by Gasteiger charge is 2.05. The minimum Gasteiger partial charge on any atom is -0.298 e. The van der Waals surface area contributed by atoms with E-state index in [0.717, 1.165) is 0 Å². The SMILES string of the molecule is O=Cc1cnc2cccnc2c1Cl. The predicted octanol–water partition coefficient (Wildman–Crippen LogP) is 2.10. The average molecular weight is 193 g/mol. The van der Waals surface area contributed by atoms with Crippen molar-refractivity contribution in [2.75, 3.05) is 0 Å². The molecule has 64 valence electrons. The molecule has 0 N–H and O–H groups in total. The number of aromatic nitrogens is 2. The van der Waals surface area contributed by atoms with Crippen molar-refractivity contribution < 1.29 is 4.79 Å². The van der Waals surface area contributed by atoms with Crippen LogP contribution >= 0.6 is 11.6 Å². The van der Waals surface area contributed by atoms with Crippen LogP contribution in [-0.4, -0.2) is 16.3 Å². The minimum absolute atomic E-state index is 0.362. The molecule has 3 nitrogen and oxygen atoms in total. The highest BCUT2D eigenvalue weighted by atomic mass is 35.5. The largest absolute Gasteiger partial charge is 0.298 e. The number of pyridine rings is 2. The van der Waals surface area contributed by atoms with Crippen molar-refractivity contribution in [3.63, 3.8) is 0 Å². The molecular formula is C9H5ClN2O. The zero-order chi connectivity index (χ0) is 9.26. The zero-order valence-corrected chi connectivity index (χ0v) is 7.32. The van der Waals surface area contributed by atoms with Crippen LogP contribution in [0.25, 0.3) is 11.0 Å². The molecule has 0 saturated heterocycles. The third-order valence-electron chi connectivity index (χ3n) is 1.72. The summed E-state index contributed by atoms with van der Waals surface area (Å²) in [5, 5.41) is 0.362. The summed E-state index contributed by atoms with van der Waals surface area (Å²) in [5.41, 5.74) is 1.62. The first-order valence-corrected chi connectivity index (χ1v) is 4.05. The molecule has 2 heterocycles. The average Bonchev–Trinajstić information content (AvgIpc) is 2.19. The predicted molar refractivity (Wildman–Crippen MR) is 49.9 cm³/mol. The third-order valence-corrected chi connectivity index (χ3v) is 2.11. The lowest BCUT2D eigenvalue weighted by Gasteiger charge is -1.99. The van der Waals surface area contributed by atoms with Crippen LogP contribution in [0.15, 0.2) is 24.5 Å². The summed E-state index contributed by atoms with van der Waals surface area (Å²) in [6.45, 7) is 0. The van der Waals surface area contributed by atoms with E-state index in [1.807, 2.05) is 0 Å². The van der Waals surface area contributed by atoms with Gasteiger partial charge >= 0.3 is 0 Å². The summed E-state index contributed by atoms with van der Waals surface area (Å²) in [6.07, 6.45) is 3.73. The van der Waals surface area contributed by atoms with Crippen LogP contribution in [0.3, 0.4) is 0 Å². The van der Waals surface area contributed by atoms with E-state index in [-0.39, 0.29) is 0 Å². The first-order chi connectivity index (χ1) is 6.33. The summed E-state index contributed by atoms with van der Waals surface area (Å²) in [4.78, 5) is 18.6.